The Hall–Kier alpha value is -0.200. The highest BCUT2D eigenvalue weighted by atomic mass is 16.6. The quantitative estimate of drug-likeness (QED) is 0.639. The standard InChI is InChI=1S/C10H20O5/c1-11-5-7-9(13-3)10(14-4)8(15-7)6-12-2/h7-10H,5-6H2,1-4H3/t7-,8-,9-,10-/m1/s1/i1D,2D,3D,4D. The molecule has 0 aromatic heterocycles. The molecule has 0 radical (unpaired) electrons. The first kappa shape index (κ1) is 7.97. The Bertz CT molecular complexity index is 214. The van der Waals surface area contributed by atoms with Gasteiger partial charge < -0.3 is 23.7 Å². The minimum atomic E-state index is -0.534. The predicted molar refractivity (Wildman–Crippen MR) is 54.0 cm³/mol. The molecule has 1 aliphatic heterocycles. The number of hydrogen-bond acceptors (Lipinski definition) is 5. The van der Waals surface area contributed by atoms with Crippen LogP contribution in [-0.4, -0.2) is 66.0 Å². The minimum Gasteiger partial charge on any atom is -0.382 e. The average Bonchev–Trinajstić information content (AvgIpc) is 2.73. The summed E-state index contributed by atoms with van der Waals surface area (Å²) < 4.78 is 54.4. The van der Waals surface area contributed by atoms with E-state index in [1.165, 1.54) is 0 Å². The molecule has 4 atom stereocenters. The third-order valence-corrected chi connectivity index (χ3v) is 2.36. The third-order valence-electron chi connectivity index (χ3n) is 2.36. The van der Waals surface area contributed by atoms with Gasteiger partial charge in [-0.05, 0) is 0 Å². The molecule has 0 saturated carbocycles. The first-order valence-electron chi connectivity index (χ1n) is 7.32. The zero-order valence-electron chi connectivity index (χ0n) is 12.6. The molecule has 90 valence electrons. The Kier molecular flexibility index (Phi) is 3.40. The molecular formula is C10H20O5. The molecule has 5 heteroatoms. The molecule has 1 fully saturated rings. The van der Waals surface area contributed by atoms with Crippen molar-refractivity contribution in [1.29, 1.82) is 0 Å². The van der Waals surface area contributed by atoms with Gasteiger partial charge in [0.2, 0.25) is 0 Å². The fourth-order valence-corrected chi connectivity index (χ4v) is 1.71. The summed E-state index contributed by atoms with van der Waals surface area (Å²) in [5.41, 5.74) is 0. The fourth-order valence-electron chi connectivity index (χ4n) is 1.71. The Balaban J connectivity index is 2.65. The SMILES string of the molecule is [2H]COC[C@H]1O[C@H](COC[2H])[C@@H](OC[2H])[C@@H]1OC[2H]. The molecule has 0 spiro atoms. The molecule has 1 aliphatic rings. The van der Waals surface area contributed by atoms with E-state index in [9.17, 15) is 0 Å². The lowest BCUT2D eigenvalue weighted by Crippen LogP contribution is -2.38. The van der Waals surface area contributed by atoms with Crippen LogP contribution in [0.4, 0.5) is 0 Å². The van der Waals surface area contributed by atoms with Crippen molar-refractivity contribution in [3.63, 3.8) is 0 Å². The van der Waals surface area contributed by atoms with Crippen LogP contribution in [0.3, 0.4) is 0 Å². The van der Waals surface area contributed by atoms with Crippen LogP contribution in [0.15, 0.2) is 0 Å². The largest absolute Gasteiger partial charge is 0.382 e. The van der Waals surface area contributed by atoms with Gasteiger partial charge in [0, 0.05) is 28.3 Å². The molecule has 0 N–H and O–H groups in total. The zero-order valence-corrected chi connectivity index (χ0v) is 8.59. The van der Waals surface area contributed by atoms with E-state index >= 15 is 0 Å². The topological polar surface area (TPSA) is 46.2 Å². The van der Waals surface area contributed by atoms with Crippen LogP contribution in [-0.2, 0) is 23.7 Å². The molecule has 15 heavy (non-hydrogen) atoms. The van der Waals surface area contributed by atoms with Gasteiger partial charge in [-0.15, -0.1) is 0 Å². The van der Waals surface area contributed by atoms with E-state index in [4.69, 9.17) is 29.2 Å². The number of ether oxygens (including phenoxy) is 5. The molecule has 1 heterocycles. The van der Waals surface area contributed by atoms with E-state index < -0.39 is 24.4 Å². The first-order valence-corrected chi connectivity index (χ1v) is 4.49. The summed E-state index contributed by atoms with van der Waals surface area (Å²) in [4.78, 5) is 0. The van der Waals surface area contributed by atoms with Crippen molar-refractivity contribution in [2.45, 2.75) is 24.4 Å². The van der Waals surface area contributed by atoms with Gasteiger partial charge in [-0.2, -0.15) is 0 Å². The predicted octanol–water partition coefficient (Wildman–Crippen LogP) is 0.0766. The molecule has 0 aliphatic carbocycles. The third kappa shape index (κ3) is 2.89. The second-order valence-electron chi connectivity index (χ2n) is 3.22. The van der Waals surface area contributed by atoms with Crippen LogP contribution < -0.4 is 0 Å². The van der Waals surface area contributed by atoms with Crippen molar-refractivity contribution < 1.29 is 29.2 Å². The smallest absolute Gasteiger partial charge is 0.114 e. The second kappa shape index (κ2) is 6.40. The molecule has 1 saturated heterocycles. The summed E-state index contributed by atoms with van der Waals surface area (Å²) >= 11 is 0. The van der Waals surface area contributed by atoms with Gasteiger partial charge in [-0.25, -0.2) is 0 Å². The number of rotatable bonds is 6. The van der Waals surface area contributed by atoms with Crippen LogP contribution in [0, 0.1) is 0 Å². The van der Waals surface area contributed by atoms with Gasteiger partial charge in [-0.1, -0.05) is 0 Å². The summed E-state index contributed by atoms with van der Waals surface area (Å²) in [6.45, 7) is 0.312. The van der Waals surface area contributed by atoms with Crippen molar-refractivity contribution in [1.82, 2.24) is 0 Å². The Morgan fingerprint density at radius 3 is 1.87 bits per heavy atom. The van der Waals surface area contributed by atoms with Crippen molar-refractivity contribution in [2.75, 3.05) is 41.6 Å². The maximum Gasteiger partial charge on any atom is 0.114 e. The van der Waals surface area contributed by atoms with Crippen LogP contribution in [0.2, 0.25) is 0 Å². The average molecular weight is 224 g/mol. The van der Waals surface area contributed by atoms with E-state index in [0.29, 0.717) is 0 Å². The first-order chi connectivity index (χ1) is 9.28. The van der Waals surface area contributed by atoms with E-state index in [1.54, 1.807) is 0 Å². The van der Waals surface area contributed by atoms with Gasteiger partial charge in [-0.3, -0.25) is 0 Å². The molecule has 5 nitrogen and oxygen atoms in total. The van der Waals surface area contributed by atoms with Crippen molar-refractivity contribution in [3.8, 4) is 0 Å². The Morgan fingerprint density at radius 2 is 1.47 bits per heavy atom. The number of methoxy groups -OCH3 is 4. The Labute approximate surface area is 96.2 Å². The number of hydrogen-bond donors (Lipinski definition) is 0. The lowest BCUT2D eigenvalue weighted by molar-refractivity contribution is -0.0588. The highest BCUT2D eigenvalue weighted by molar-refractivity contribution is 4.92. The maximum atomic E-state index is 7.14. The van der Waals surface area contributed by atoms with E-state index in [0.717, 1.165) is 0 Å². The highest BCUT2D eigenvalue weighted by Crippen LogP contribution is 2.26. The second-order valence-corrected chi connectivity index (χ2v) is 3.22. The van der Waals surface area contributed by atoms with Gasteiger partial charge in [0.1, 0.15) is 24.4 Å². The van der Waals surface area contributed by atoms with E-state index in [2.05, 4.69) is 0 Å². The van der Waals surface area contributed by atoms with Crippen molar-refractivity contribution in [3.05, 3.63) is 0 Å². The molecule has 0 unspecified atom stereocenters. The van der Waals surface area contributed by atoms with Gasteiger partial charge in [0.15, 0.2) is 0 Å². The van der Waals surface area contributed by atoms with Gasteiger partial charge in [0.05, 0.1) is 18.7 Å². The van der Waals surface area contributed by atoms with Gasteiger partial charge >= 0.3 is 0 Å². The van der Waals surface area contributed by atoms with Crippen LogP contribution in [0.25, 0.3) is 0 Å². The normalized spacial score (nSPS) is 39.5. The van der Waals surface area contributed by atoms with Crippen LogP contribution in [0.5, 0.6) is 0 Å². The highest BCUT2D eigenvalue weighted by Gasteiger charge is 2.45. The minimum absolute atomic E-state index is 0.156. The molecule has 0 aromatic carbocycles. The lowest BCUT2D eigenvalue weighted by Gasteiger charge is -2.20. The maximum absolute atomic E-state index is 7.14. The van der Waals surface area contributed by atoms with Crippen molar-refractivity contribution >= 4 is 0 Å². The Morgan fingerprint density at radius 1 is 0.933 bits per heavy atom. The molecule has 1 rings (SSSR count). The van der Waals surface area contributed by atoms with Crippen LogP contribution in [0.1, 0.15) is 5.48 Å². The summed E-state index contributed by atoms with van der Waals surface area (Å²) in [7, 11) is -0.888. The summed E-state index contributed by atoms with van der Waals surface area (Å²) in [5, 5.41) is 0. The summed E-state index contributed by atoms with van der Waals surface area (Å²) in [5.74, 6) is 0. The molecule has 0 bridgehead atoms. The monoisotopic (exact) mass is 224 g/mol. The van der Waals surface area contributed by atoms with Crippen LogP contribution >= 0.6 is 0 Å². The van der Waals surface area contributed by atoms with Gasteiger partial charge in [0.25, 0.3) is 0 Å². The summed E-state index contributed by atoms with van der Waals surface area (Å²) in [6, 6.07) is 0. The fraction of sp³-hybridized carbons (Fsp3) is 1.00. The zero-order chi connectivity index (χ0) is 14.1. The van der Waals surface area contributed by atoms with E-state index in [1.807, 2.05) is 0 Å². The summed E-state index contributed by atoms with van der Waals surface area (Å²) in [6.07, 6.45) is -2.00. The lowest BCUT2D eigenvalue weighted by atomic mass is 10.1. The van der Waals surface area contributed by atoms with Crippen molar-refractivity contribution in [2.24, 2.45) is 0 Å². The molecule has 0 aromatic rings. The van der Waals surface area contributed by atoms with E-state index in [-0.39, 0.29) is 41.6 Å². The molecular weight excluding hydrogens is 200 g/mol. The molecule has 0 amide bonds.